The normalized spacial score (nSPS) is 16.3. The van der Waals surface area contributed by atoms with Crippen LogP contribution in [0.1, 0.15) is 0 Å². The Labute approximate surface area is 102 Å². The van der Waals surface area contributed by atoms with Crippen molar-refractivity contribution in [3.05, 3.63) is 47.0 Å². The van der Waals surface area contributed by atoms with Crippen molar-refractivity contribution in [3.8, 4) is 0 Å². The lowest BCUT2D eigenvalue weighted by molar-refractivity contribution is -0.111. The van der Waals surface area contributed by atoms with Gasteiger partial charge in [0.2, 0.25) is 0 Å². The molecule has 0 atom stereocenters. The maximum absolute atomic E-state index is 11.8. The lowest BCUT2D eigenvalue weighted by atomic mass is 10.0. The topological polar surface area (TPSA) is 54.1 Å². The first-order chi connectivity index (χ1) is 8.83. The second-order valence-corrected chi connectivity index (χ2v) is 4.20. The molecule has 2 aliphatic heterocycles. The molecular formula is C14H7N3O. The van der Waals surface area contributed by atoms with E-state index < -0.39 is 0 Å². The van der Waals surface area contributed by atoms with Gasteiger partial charge in [-0.1, -0.05) is 24.3 Å². The molecule has 0 spiro atoms. The minimum Gasteiger partial charge on any atom is -0.265 e. The summed E-state index contributed by atoms with van der Waals surface area (Å²) in [6.07, 6.45) is 1.41. The fourth-order valence-electron chi connectivity index (χ4n) is 2.29. The highest BCUT2D eigenvalue weighted by atomic mass is 16.1. The van der Waals surface area contributed by atoms with Crippen molar-refractivity contribution in [2.75, 3.05) is 0 Å². The third-order valence-corrected chi connectivity index (χ3v) is 3.14. The van der Waals surface area contributed by atoms with Crippen LogP contribution in [0.3, 0.4) is 0 Å². The molecule has 18 heavy (non-hydrogen) atoms. The summed E-state index contributed by atoms with van der Waals surface area (Å²) < 4.78 is 0. The number of nitrogens with zero attached hydrogens (tertiary/aromatic N) is 3. The van der Waals surface area contributed by atoms with Gasteiger partial charge in [0, 0.05) is 5.22 Å². The van der Waals surface area contributed by atoms with E-state index in [0.717, 1.165) is 16.0 Å². The predicted octanol–water partition coefficient (Wildman–Crippen LogP) is 0.591. The Balaban J connectivity index is 2.27. The van der Waals surface area contributed by atoms with Crippen LogP contribution in [0, 0.1) is 0 Å². The van der Waals surface area contributed by atoms with Crippen molar-refractivity contribution in [2.24, 2.45) is 15.0 Å². The Morgan fingerprint density at radius 3 is 2.61 bits per heavy atom. The van der Waals surface area contributed by atoms with Gasteiger partial charge in [0.1, 0.15) is 12.0 Å². The molecule has 0 aromatic heterocycles. The Hall–Kier alpha value is -2.62. The van der Waals surface area contributed by atoms with Gasteiger partial charge in [-0.05, 0) is 22.9 Å². The van der Waals surface area contributed by atoms with Gasteiger partial charge in [-0.2, -0.15) is 0 Å². The average Bonchev–Trinajstić information content (AvgIpc) is 2.87. The number of hydrogen-bond acceptors (Lipinski definition) is 3. The van der Waals surface area contributed by atoms with Gasteiger partial charge >= 0.3 is 0 Å². The van der Waals surface area contributed by atoms with Crippen LogP contribution in [0.25, 0.3) is 16.5 Å². The summed E-state index contributed by atoms with van der Waals surface area (Å²) in [5, 5.41) is 3.72. The van der Waals surface area contributed by atoms with Gasteiger partial charge in [0.05, 0.1) is 5.36 Å². The van der Waals surface area contributed by atoms with E-state index >= 15 is 0 Å². The van der Waals surface area contributed by atoms with E-state index in [1.807, 2.05) is 36.4 Å². The Morgan fingerprint density at radius 1 is 1.00 bits per heavy atom. The zero-order chi connectivity index (χ0) is 12.1. The molecule has 2 aliphatic rings. The van der Waals surface area contributed by atoms with Crippen LogP contribution in [0.5, 0.6) is 0 Å². The first kappa shape index (κ1) is 9.41. The van der Waals surface area contributed by atoms with Gasteiger partial charge in [-0.25, -0.2) is 15.0 Å². The Morgan fingerprint density at radius 2 is 1.78 bits per heavy atom. The minimum absolute atomic E-state index is 0.315. The van der Waals surface area contributed by atoms with Crippen LogP contribution >= 0.6 is 0 Å². The van der Waals surface area contributed by atoms with Crippen LogP contribution < -0.4 is 10.6 Å². The molecule has 0 N–H and O–H groups in total. The molecule has 0 aliphatic carbocycles. The van der Waals surface area contributed by atoms with Crippen molar-refractivity contribution in [1.29, 1.82) is 0 Å². The van der Waals surface area contributed by atoms with Gasteiger partial charge in [0.25, 0.3) is 5.91 Å². The van der Waals surface area contributed by atoms with E-state index in [1.54, 1.807) is 0 Å². The minimum atomic E-state index is -0.315. The highest BCUT2D eigenvalue weighted by molar-refractivity contribution is 6.56. The molecule has 1 amide bonds. The number of rotatable bonds is 0. The van der Waals surface area contributed by atoms with Crippen molar-refractivity contribution in [3.63, 3.8) is 0 Å². The number of carbonyl (C=O) groups excluding carboxylic acids is 1. The maximum Gasteiger partial charge on any atom is 0.298 e. The smallest absolute Gasteiger partial charge is 0.265 e. The predicted molar refractivity (Wildman–Crippen MR) is 69.1 cm³/mol. The molecule has 4 rings (SSSR count). The first-order valence-electron chi connectivity index (χ1n) is 5.60. The van der Waals surface area contributed by atoms with Gasteiger partial charge < -0.3 is 0 Å². The summed E-state index contributed by atoms with van der Waals surface area (Å²) in [6.45, 7) is 0. The number of hydrogen-bond donors (Lipinski definition) is 0. The molecule has 2 aromatic rings. The molecule has 4 nitrogen and oxygen atoms in total. The fraction of sp³-hybridized carbons (Fsp3) is 0. The summed E-state index contributed by atoms with van der Waals surface area (Å²) in [5.41, 5.74) is 0.980. The van der Waals surface area contributed by atoms with Crippen molar-refractivity contribution < 1.29 is 4.79 Å². The van der Waals surface area contributed by atoms with Crippen LogP contribution in [0.2, 0.25) is 0 Å². The molecule has 0 unspecified atom stereocenters. The van der Waals surface area contributed by atoms with E-state index in [2.05, 4.69) is 15.0 Å². The molecule has 0 saturated heterocycles. The maximum atomic E-state index is 11.8. The van der Waals surface area contributed by atoms with Crippen LogP contribution in [-0.4, -0.2) is 18.0 Å². The van der Waals surface area contributed by atoms with Gasteiger partial charge in [0.15, 0.2) is 5.71 Å². The zero-order valence-corrected chi connectivity index (χ0v) is 9.29. The van der Waals surface area contributed by atoms with Crippen molar-refractivity contribution >= 4 is 34.4 Å². The van der Waals surface area contributed by atoms with Crippen LogP contribution in [0.15, 0.2) is 51.4 Å². The molecule has 0 fully saturated rings. The summed E-state index contributed by atoms with van der Waals surface area (Å²) in [6, 6.07) is 11.9. The largest absolute Gasteiger partial charge is 0.298 e. The van der Waals surface area contributed by atoms with Crippen LogP contribution in [-0.2, 0) is 4.79 Å². The molecule has 4 heteroatoms. The van der Waals surface area contributed by atoms with Crippen molar-refractivity contribution in [2.45, 2.75) is 0 Å². The molecule has 0 radical (unpaired) electrons. The van der Waals surface area contributed by atoms with E-state index in [0.29, 0.717) is 16.8 Å². The number of amides is 1. The molecule has 84 valence electrons. The molecule has 2 heterocycles. The van der Waals surface area contributed by atoms with Crippen molar-refractivity contribution in [1.82, 2.24) is 0 Å². The van der Waals surface area contributed by atoms with Gasteiger partial charge in [-0.3, -0.25) is 4.79 Å². The van der Waals surface area contributed by atoms with Crippen LogP contribution in [0.4, 0.5) is 0 Å². The second kappa shape index (κ2) is 3.20. The SMILES string of the molecule is O=C1N=c2cc3ccccc3cc2=C2N=CN=C12. The first-order valence-corrected chi connectivity index (χ1v) is 5.60. The third kappa shape index (κ3) is 1.14. The number of carbonyl (C=O) groups is 1. The summed E-state index contributed by atoms with van der Waals surface area (Å²) in [7, 11) is 0. The zero-order valence-electron chi connectivity index (χ0n) is 9.29. The average molecular weight is 233 g/mol. The number of aliphatic imine (C=N–C) groups is 2. The highest BCUT2D eigenvalue weighted by Gasteiger charge is 2.23. The fourth-order valence-corrected chi connectivity index (χ4v) is 2.29. The highest BCUT2D eigenvalue weighted by Crippen LogP contribution is 2.13. The number of fused-ring (bicyclic) bond motifs is 3. The molecule has 0 saturated carbocycles. The summed E-state index contributed by atoms with van der Waals surface area (Å²) in [5.74, 6) is -0.315. The van der Waals surface area contributed by atoms with E-state index in [9.17, 15) is 4.79 Å². The van der Waals surface area contributed by atoms with E-state index in [1.165, 1.54) is 6.34 Å². The third-order valence-electron chi connectivity index (χ3n) is 3.14. The summed E-state index contributed by atoms with van der Waals surface area (Å²) in [4.78, 5) is 24.0. The molecule has 0 bridgehead atoms. The van der Waals surface area contributed by atoms with Gasteiger partial charge in [-0.15, -0.1) is 0 Å². The Kier molecular flexibility index (Phi) is 1.67. The number of benzene rings is 2. The molecular weight excluding hydrogens is 226 g/mol. The lowest BCUT2D eigenvalue weighted by Crippen LogP contribution is -2.36. The van der Waals surface area contributed by atoms with E-state index in [4.69, 9.17) is 0 Å². The Bertz CT molecular complexity index is 891. The quantitative estimate of drug-likeness (QED) is 0.657. The second-order valence-electron chi connectivity index (χ2n) is 4.20. The summed E-state index contributed by atoms with van der Waals surface area (Å²) >= 11 is 0. The lowest BCUT2D eigenvalue weighted by Gasteiger charge is -2.05. The molecule has 2 aromatic carbocycles. The standard InChI is InChI=1S/C14H7N3O/c18-14-13-12(15-7-16-13)10-5-8-3-1-2-4-9(8)6-11(10)17-14/h1-7H. The van der Waals surface area contributed by atoms with E-state index in [-0.39, 0.29) is 5.91 Å². The monoisotopic (exact) mass is 233 g/mol.